The van der Waals surface area contributed by atoms with Gasteiger partial charge in [0.05, 0.1) is 35.8 Å². The van der Waals surface area contributed by atoms with Gasteiger partial charge in [0.25, 0.3) is 11.8 Å². The zero-order valence-electron chi connectivity index (χ0n) is 22.5. The minimum Gasteiger partial charge on any atom is -0.395 e. The molecule has 2 N–H and O–H groups in total. The minimum atomic E-state index is -3.70. The van der Waals surface area contributed by atoms with E-state index in [0.29, 0.717) is 34.5 Å². The van der Waals surface area contributed by atoms with Gasteiger partial charge in [-0.25, -0.2) is 22.2 Å². The Morgan fingerprint density at radius 2 is 1.73 bits per heavy atom. The van der Waals surface area contributed by atoms with Crippen molar-refractivity contribution < 1.29 is 27.1 Å². The van der Waals surface area contributed by atoms with Crippen LogP contribution >= 0.6 is 0 Å². The van der Waals surface area contributed by atoms with Crippen LogP contribution in [-0.2, 0) is 16.4 Å². The minimum absolute atomic E-state index is 0.130. The number of alkyl halides is 2. The number of aliphatic hydroxyl groups is 1. The van der Waals surface area contributed by atoms with E-state index in [0.717, 1.165) is 31.5 Å². The summed E-state index contributed by atoms with van der Waals surface area (Å²) in [7, 11) is -3.70. The number of halogens is 2. The number of anilines is 4. The molecule has 2 aromatic rings. The summed E-state index contributed by atoms with van der Waals surface area (Å²) >= 11 is 0. The molecule has 0 unspecified atom stereocenters. The number of fused-ring (bicyclic) bond motifs is 1. The number of nitrogens with one attached hydrogen (secondary N) is 1. The first kappa shape index (κ1) is 27.1. The summed E-state index contributed by atoms with van der Waals surface area (Å²) in [6.45, 7) is 2.70. The van der Waals surface area contributed by atoms with E-state index in [1.807, 2.05) is 0 Å². The Morgan fingerprint density at radius 3 is 2.38 bits per heavy atom. The van der Waals surface area contributed by atoms with Gasteiger partial charge < -0.3 is 20.2 Å². The number of aryl methyl sites for hydroxylation is 1. The summed E-state index contributed by atoms with van der Waals surface area (Å²) in [4.78, 5) is 26.0. The molecular formula is C27H34F2N6O4S. The summed E-state index contributed by atoms with van der Waals surface area (Å²) in [6.07, 6.45) is 4.67. The molecule has 2 saturated heterocycles. The molecule has 1 saturated carbocycles. The van der Waals surface area contributed by atoms with Crippen molar-refractivity contribution in [3.8, 4) is 0 Å². The summed E-state index contributed by atoms with van der Waals surface area (Å²) < 4.78 is 54.7. The predicted octanol–water partition coefficient (Wildman–Crippen LogP) is 2.95. The van der Waals surface area contributed by atoms with Gasteiger partial charge in [0, 0.05) is 44.4 Å². The van der Waals surface area contributed by atoms with Gasteiger partial charge in [0.2, 0.25) is 16.0 Å². The van der Waals surface area contributed by atoms with Gasteiger partial charge in [-0.2, -0.15) is 4.98 Å². The topological polar surface area (TPSA) is 119 Å². The van der Waals surface area contributed by atoms with Crippen molar-refractivity contribution in [2.75, 3.05) is 64.5 Å². The lowest BCUT2D eigenvalue weighted by Gasteiger charge is -2.35. The van der Waals surface area contributed by atoms with Crippen LogP contribution in [0.3, 0.4) is 0 Å². The number of sulfonamides is 1. The fourth-order valence-corrected chi connectivity index (χ4v) is 7.39. The highest BCUT2D eigenvalue weighted by atomic mass is 32.2. The summed E-state index contributed by atoms with van der Waals surface area (Å²) in [5.41, 5.74) is 3.31. The van der Waals surface area contributed by atoms with Crippen molar-refractivity contribution >= 4 is 39.1 Å². The second-order valence-corrected chi connectivity index (χ2v) is 13.5. The smallest absolute Gasteiger partial charge is 0.267 e. The van der Waals surface area contributed by atoms with E-state index in [1.165, 1.54) is 22.0 Å². The Kier molecular flexibility index (Phi) is 6.64. The number of piperidine rings is 1. The molecular weight excluding hydrogens is 542 g/mol. The van der Waals surface area contributed by atoms with Crippen LogP contribution in [0.25, 0.3) is 0 Å². The molecule has 4 heterocycles. The van der Waals surface area contributed by atoms with Crippen molar-refractivity contribution in [3.63, 3.8) is 0 Å². The van der Waals surface area contributed by atoms with Crippen molar-refractivity contribution in [2.45, 2.75) is 51.4 Å². The lowest BCUT2D eigenvalue weighted by molar-refractivity contribution is 0.0256. The average molecular weight is 577 g/mol. The number of hydrogen-bond donors (Lipinski definition) is 2. The molecule has 40 heavy (non-hydrogen) atoms. The molecule has 3 aliphatic heterocycles. The third-order valence-corrected chi connectivity index (χ3v) is 10.4. The molecule has 13 heteroatoms. The molecule has 1 aromatic carbocycles. The second kappa shape index (κ2) is 9.79. The molecule has 3 fully saturated rings. The van der Waals surface area contributed by atoms with Crippen molar-refractivity contribution in [1.29, 1.82) is 0 Å². The predicted molar refractivity (Wildman–Crippen MR) is 148 cm³/mol. The first-order valence-corrected chi connectivity index (χ1v) is 15.4. The fourth-order valence-electron chi connectivity index (χ4n) is 6.10. The quantitative estimate of drug-likeness (QED) is 0.517. The normalized spacial score (nSPS) is 21.1. The Bertz CT molecular complexity index is 1440. The number of aliphatic hydroxyl groups excluding tert-OH is 1. The summed E-state index contributed by atoms with van der Waals surface area (Å²) in [5, 5.41) is 12.1. The largest absolute Gasteiger partial charge is 0.395 e. The number of carbonyl (C=O) groups excluding carboxylic acids is 1. The lowest BCUT2D eigenvalue weighted by Crippen LogP contribution is -2.36. The number of nitrogens with zero attached hydrogens (tertiary/aromatic N) is 5. The zero-order chi connectivity index (χ0) is 28.3. The number of rotatable bonds is 7. The van der Waals surface area contributed by atoms with E-state index in [2.05, 4.69) is 20.2 Å². The third kappa shape index (κ3) is 5.20. The fraction of sp³-hybridized carbons (Fsp3) is 0.593. The Balaban J connectivity index is 1.32. The molecule has 216 valence electrons. The SMILES string of the molecule is Cc1cc(NC(=O)c2cc3c(cc2N2CCC4(CC2)CC4)N(S(=O)(=O)CCO)CC3)nc(N2CCC(F)(F)C2)n1. The Labute approximate surface area is 232 Å². The van der Waals surface area contributed by atoms with E-state index in [4.69, 9.17) is 0 Å². The van der Waals surface area contributed by atoms with Gasteiger partial charge in [0.15, 0.2) is 0 Å². The van der Waals surface area contributed by atoms with Gasteiger partial charge in [-0.3, -0.25) is 9.10 Å². The molecule has 4 aliphatic rings. The van der Waals surface area contributed by atoms with E-state index in [9.17, 15) is 27.1 Å². The van der Waals surface area contributed by atoms with Gasteiger partial charge >= 0.3 is 0 Å². The van der Waals surface area contributed by atoms with Crippen molar-refractivity contribution in [2.24, 2.45) is 5.41 Å². The highest BCUT2D eigenvalue weighted by Crippen LogP contribution is 2.54. The Morgan fingerprint density at radius 1 is 1.00 bits per heavy atom. The lowest BCUT2D eigenvalue weighted by atomic mass is 9.92. The molecule has 0 radical (unpaired) electrons. The van der Waals surface area contributed by atoms with Crippen molar-refractivity contribution in [3.05, 3.63) is 35.0 Å². The highest BCUT2D eigenvalue weighted by Gasteiger charge is 2.45. The Hall–Kier alpha value is -3.06. The molecule has 0 atom stereocenters. The molecule has 1 aliphatic carbocycles. The van der Waals surface area contributed by atoms with Crippen molar-refractivity contribution in [1.82, 2.24) is 9.97 Å². The van der Waals surface area contributed by atoms with E-state index >= 15 is 0 Å². The van der Waals surface area contributed by atoms with Crippen LogP contribution in [0.1, 0.15) is 53.7 Å². The van der Waals surface area contributed by atoms with Crippen LogP contribution in [0.4, 0.5) is 31.9 Å². The molecule has 1 amide bonds. The first-order chi connectivity index (χ1) is 19.0. The molecule has 6 rings (SSSR count). The molecule has 10 nitrogen and oxygen atoms in total. The van der Waals surface area contributed by atoms with Gasteiger partial charge in [-0.05, 0) is 62.1 Å². The number of aromatic nitrogens is 2. The maximum atomic E-state index is 13.8. The van der Waals surface area contributed by atoms with Gasteiger partial charge in [-0.1, -0.05) is 0 Å². The van der Waals surface area contributed by atoms with Gasteiger partial charge in [0.1, 0.15) is 5.82 Å². The molecule has 1 aromatic heterocycles. The van der Waals surface area contributed by atoms with E-state index < -0.39 is 35.0 Å². The van der Waals surface area contributed by atoms with E-state index in [1.54, 1.807) is 25.1 Å². The van der Waals surface area contributed by atoms with Gasteiger partial charge in [-0.15, -0.1) is 0 Å². The molecule has 1 spiro atoms. The highest BCUT2D eigenvalue weighted by molar-refractivity contribution is 7.92. The maximum Gasteiger partial charge on any atom is 0.267 e. The maximum absolute atomic E-state index is 13.8. The van der Waals surface area contributed by atoms with Crippen LogP contribution in [0, 0.1) is 12.3 Å². The molecule has 0 bridgehead atoms. The monoisotopic (exact) mass is 576 g/mol. The number of benzene rings is 1. The second-order valence-electron chi connectivity index (χ2n) is 11.5. The standard InChI is InChI=1S/C27H34F2N6O4S/c1-18-14-23(32-25(30-18)34-11-7-27(28,29)17-34)31-24(37)20-15-19-2-8-35(40(38,39)13-12-36)21(19)16-22(20)33-9-5-26(3-4-26)6-10-33/h14-16,36H,2-13,17H2,1H3,(H,30,31,32,37). The zero-order valence-corrected chi connectivity index (χ0v) is 23.3. The van der Waals surface area contributed by atoms with Crippen LogP contribution in [-0.4, -0.2) is 80.4 Å². The third-order valence-electron chi connectivity index (χ3n) is 8.64. The van der Waals surface area contributed by atoms with E-state index in [-0.39, 0.29) is 37.0 Å². The summed E-state index contributed by atoms with van der Waals surface area (Å²) in [6, 6.07) is 5.15. The van der Waals surface area contributed by atoms with Crippen LogP contribution in [0.15, 0.2) is 18.2 Å². The summed E-state index contributed by atoms with van der Waals surface area (Å²) in [5.74, 6) is -3.21. The van der Waals surface area contributed by atoms with Crippen LogP contribution < -0.4 is 19.4 Å². The number of carbonyl (C=O) groups is 1. The first-order valence-electron chi connectivity index (χ1n) is 13.8. The number of hydrogen-bond acceptors (Lipinski definition) is 8. The van der Waals surface area contributed by atoms with Crippen LogP contribution in [0.2, 0.25) is 0 Å². The average Bonchev–Trinajstić information content (AvgIpc) is 3.33. The van der Waals surface area contributed by atoms with Crippen LogP contribution in [0.5, 0.6) is 0 Å². The number of amides is 1.